The Hall–Kier alpha value is -1.27. The molecule has 1 aromatic rings. The van der Waals surface area contributed by atoms with Crippen molar-refractivity contribution in [3.63, 3.8) is 0 Å². The van der Waals surface area contributed by atoms with E-state index in [2.05, 4.69) is 6.07 Å². The van der Waals surface area contributed by atoms with Gasteiger partial charge in [0.1, 0.15) is 11.6 Å². The van der Waals surface area contributed by atoms with Gasteiger partial charge in [0.05, 0.1) is 18.1 Å². The topological polar surface area (TPSA) is 33.0 Å². The van der Waals surface area contributed by atoms with Crippen molar-refractivity contribution < 1.29 is 9.13 Å². The Morgan fingerprint density at radius 3 is 2.67 bits per heavy atom. The highest BCUT2D eigenvalue weighted by atomic mass is 35.5. The van der Waals surface area contributed by atoms with Crippen molar-refractivity contribution in [1.82, 2.24) is 0 Å². The van der Waals surface area contributed by atoms with Crippen molar-refractivity contribution >= 4 is 11.6 Å². The van der Waals surface area contributed by atoms with Crippen LogP contribution in [0.25, 0.3) is 0 Å². The zero-order valence-corrected chi connectivity index (χ0v) is 11.6. The largest absolute Gasteiger partial charge is 0.493 e. The molecule has 0 aliphatic rings. The molecule has 4 heteroatoms. The Labute approximate surface area is 112 Å². The summed E-state index contributed by atoms with van der Waals surface area (Å²) < 4.78 is 18.6. The lowest BCUT2D eigenvalue weighted by Gasteiger charge is -2.20. The second-order valence-corrected chi connectivity index (χ2v) is 5.66. The summed E-state index contributed by atoms with van der Waals surface area (Å²) in [5.41, 5.74) is -0.373. The molecule has 1 atom stereocenters. The highest BCUT2D eigenvalue weighted by Crippen LogP contribution is 2.26. The third kappa shape index (κ3) is 4.93. The van der Waals surface area contributed by atoms with E-state index in [4.69, 9.17) is 21.6 Å². The lowest BCUT2D eigenvalue weighted by atomic mass is 9.85. The summed E-state index contributed by atoms with van der Waals surface area (Å²) in [6.07, 6.45) is 0.729. The molecule has 2 nitrogen and oxygen atoms in total. The first kappa shape index (κ1) is 14.8. The molecule has 0 saturated carbocycles. The summed E-state index contributed by atoms with van der Waals surface area (Å²) in [6.45, 7) is 6.22. The van der Waals surface area contributed by atoms with Gasteiger partial charge in [0.2, 0.25) is 0 Å². The molecule has 0 fully saturated rings. The summed E-state index contributed by atoms with van der Waals surface area (Å²) in [6, 6.07) is 6.36. The van der Waals surface area contributed by atoms with Gasteiger partial charge in [-0.1, -0.05) is 18.5 Å². The van der Waals surface area contributed by atoms with Crippen LogP contribution in [0.4, 0.5) is 4.39 Å². The van der Waals surface area contributed by atoms with Gasteiger partial charge < -0.3 is 4.74 Å². The Bertz CT molecular complexity index is 433. The van der Waals surface area contributed by atoms with Crippen molar-refractivity contribution in [3.8, 4) is 11.8 Å². The smallest absolute Gasteiger partial charge is 0.128 e. The summed E-state index contributed by atoms with van der Waals surface area (Å²) >= 11 is 5.73. The predicted octanol–water partition coefficient (Wildman–Crippen LogP) is 4.43. The number of nitrogens with zero attached hydrogens (tertiary/aromatic N) is 1. The first-order valence-electron chi connectivity index (χ1n) is 5.82. The minimum atomic E-state index is -0.414. The predicted molar refractivity (Wildman–Crippen MR) is 70.1 cm³/mol. The number of hydrogen-bond donors (Lipinski definition) is 0. The lowest BCUT2D eigenvalue weighted by Crippen LogP contribution is -2.18. The average Bonchev–Trinajstić information content (AvgIpc) is 2.24. The zero-order valence-electron chi connectivity index (χ0n) is 10.8. The van der Waals surface area contributed by atoms with E-state index in [-0.39, 0.29) is 11.3 Å². The van der Waals surface area contributed by atoms with E-state index in [0.717, 1.165) is 6.42 Å². The highest BCUT2D eigenvalue weighted by Gasteiger charge is 2.20. The van der Waals surface area contributed by atoms with Crippen LogP contribution in [-0.4, -0.2) is 6.61 Å². The molecule has 0 bridgehead atoms. The molecule has 18 heavy (non-hydrogen) atoms. The molecule has 0 aliphatic heterocycles. The van der Waals surface area contributed by atoms with Crippen LogP contribution in [0.15, 0.2) is 18.2 Å². The van der Waals surface area contributed by atoms with Crippen LogP contribution in [0, 0.1) is 28.5 Å². The zero-order chi connectivity index (χ0) is 13.8. The molecular formula is C14H17ClFNO. The molecule has 0 radical (unpaired) electrons. The van der Waals surface area contributed by atoms with E-state index in [1.54, 1.807) is 6.07 Å². The van der Waals surface area contributed by atoms with E-state index in [1.807, 2.05) is 20.8 Å². The number of halogens is 2. The standard InChI is InChI=1S/C14H17ClFNO/c1-10(7-14(2,3)9-17)8-18-13-5-11(15)4-12(16)6-13/h4-6,10H,7-8H2,1-3H3. The number of benzene rings is 1. The van der Waals surface area contributed by atoms with Gasteiger partial charge in [-0.3, -0.25) is 0 Å². The number of hydrogen-bond acceptors (Lipinski definition) is 2. The number of rotatable bonds is 5. The van der Waals surface area contributed by atoms with Gasteiger partial charge in [0, 0.05) is 11.1 Å². The molecule has 1 rings (SSSR count). The van der Waals surface area contributed by atoms with Crippen LogP contribution in [0.5, 0.6) is 5.75 Å². The quantitative estimate of drug-likeness (QED) is 0.792. The van der Waals surface area contributed by atoms with Gasteiger partial charge in [0.25, 0.3) is 0 Å². The van der Waals surface area contributed by atoms with Crippen LogP contribution < -0.4 is 4.74 Å². The van der Waals surface area contributed by atoms with Gasteiger partial charge in [-0.25, -0.2) is 4.39 Å². The fraction of sp³-hybridized carbons (Fsp3) is 0.500. The molecule has 98 valence electrons. The van der Waals surface area contributed by atoms with E-state index in [0.29, 0.717) is 17.4 Å². The second-order valence-electron chi connectivity index (χ2n) is 5.22. The number of nitriles is 1. The maximum atomic E-state index is 13.1. The molecule has 0 aromatic heterocycles. The van der Waals surface area contributed by atoms with Crippen molar-refractivity contribution in [2.75, 3.05) is 6.61 Å². The molecule has 1 unspecified atom stereocenters. The summed E-state index contributed by atoms with van der Waals surface area (Å²) in [7, 11) is 0. The minimum Gasteiger partial charge on any atom is -0.493 e. The van der Waals surface area contributed by atoms with E-state index in [1.165, 1.54) is 12.1 Å². The van der Waals surface area contributed by atoms with E-state index in [9.17, 15) is 4.39 Å². The van der Waals surface area contributed by atoms with Gasteiger partial charge in [-0.05, 0) is 38.3 Å². The fourth-order valence-corrected chi connectivity index (χ4v) is 2.04. The van der Waals surface area contributed by atoms with Crippen molar-refractivity contribution in [2.24, 2.45) is 11.3 Å². The van der Waals surface area contributed by atoms with Crippen LogP contribution in [0.1, 0.15) is 27.2 Å². The van der Waals surface area contributed by atoms with Gasteiger partial charge in [-0.15, -0.1) is 0 Å². The molecule has 0 N–H and O–H groups in total. The molecule has 0 heterocycles. The molecule has 0 amide bonds. The van der Waals surface area contributed by atoms with Gasteiger partial charge in [0.15, 0.2) is 0 Å². The Balaban J connectivity index is 2.53. The average molecular weight is 270 g/mol. The lowest BCUT2D eigenvalue weighted by molar-refractivity contribution is 0.222. The van der Waals surface area contributed by atoms with Crippen LogP contribution in [-0.2, 0) is 0 Å². The molecule has 1 aromatic carbocycles. The Morgan fingerprint density at radius 1 is 1.44 bits per heavy atom. The molecule has 0 aliphatic carbocycles. The first-order chi connectivity index (χ1) is 8.32. The summed E-state index contributed by atoms with van der Waals surface area (Å²) in [5, 5.41) is 9.26. The molecular weight excluding hydrogens is 253 g/mol. The monoisotopic (exact) mass is 269 g/mol. The van der Waals surface area contributed by atoms with E-state index < -0.39 is 5.82 Å². The Morgan fingerprint density at radius 2 is 2.11 bits per heavy atom. The highest BCUT2D eigenvalue weighted by molar-refractivity contribution is 6.30. The van der Waals surface area contributed by atoms with Gasteiger partial charge in [-0.2, -0.15) is 5.26 Å². The van der Waals surface area contributed by atoms with Crippen molar-refractivity contribution in [2.45, 2.75) is 27.2 Å². The second kappa shape index (κ2) is 6.06. The van der Waals surface area contributed by atoms with Crippen LogP contribution in [0.2, 0.25) is 5.02 Å². The molecule has 0 saturated heterocycles. The maximum absolute atomic E-state index is 13.1. The maximum Gasteiger partial charge on any atom is 0.128 e. The van der Waals surface area contributed by atoms with Crippen molar-refractivity contribution in [3.05, 3.63) is 29.0 Å². The summed E-state index contributed by atoms with van der Waals surface area (Å²) in [5.74, 6) is 0.214. The normalized spacial score (nSPS) is 12.9. The first-order valence-corrected chi connectivity index (χ1v) is 6.20. The SMILES string of the molecule is CC(COc1cc(F)cc(Cl)c1)CC(C)(C)C#N. The number of ether oxygens (including phenoxy) is 1. The van der Waals surface area contributed by atoms with Gasteiger partial charge >= 0.3 is 0 Å². The summed E-state index contributed by atoms with van der Waals surface area (Å²) in [4.78, 5) is 0. The van der Waals surface area contributed by atoms with Crippen molar-refractivity contribution in [1.29, 1.82) is 5.26 Å². The van der Waals surface area contributed by atoms with Crippen LogP contribution in [0.3, 0.4) is 0 Å². The van der Waals surface area contributed by atoms with E-state index >= 15 is 0 Å². The Kier molecular flexibility index (Phi) is 4.98. The van der Waals surface area contributed by atoms with Crippen LogP contribution >= 0.6 is 11.6 Å². The third-order valence-corrected chi connectivity index (χ3v) is 2.75. The fourth-order valence-electron chi connectivity index (χ4n) is 1.83. The molecule has 0 spiro atoms. The third-order valence-electron chi connectivity index (χ3n) is 2.53. The minimum absolute atomic E-state index is 0.210.